The van der Waals surface area contributed by atoms with Crippen LogP contribution in [0.2, 0.25) is 5.02 Å². The summed E-state index contributed by atoms with van der Waals surface area (Å²) in [6.45, 7) is 0.676. The number of hydrogen-bond acceptors (Lipinski definition) is 2. The van der Waals surface area contributed by atoms with Crippen LogP contribution in [0.15, 0.2) is 54.6 Å². The molecule has 0 spiro atoms. The number of nitrogens with one attached hydrogen (secondary N) is 2. The molecule has 1 unspecified atom stereocenters. The Morgan fingerprint density at radius 1 is 1.04 bits per heavy atom. The van der Waals surface area contributed by atoms with Crippen molar-refractivity contribution in [2.24, 2.45) is 0 Å². The fourth-order valence-electron chi connectivity index (χ4n) is 2.43. The van der Waals surface area contributed by atoms with Crippen LogP contribution in [-0.2, 0) is 0 Å². The first-order valence-corrected chi connectivity index (χ1v) is 8.03. The van der Waals surface area contributed by atoms with Gasteiger partial charge in [-0.05, 0) is 48.6 Å². The van der Waals surface area contributed by atoms with Crippen molar-refractivity contribution in [2.75, 3.05) is 18.5 Å². The highest BCUT2D eigenvalue weighted by atomic mass is 35.5. The zero-order valence-corrected chi connectivity index (χ0v) is 13.6. The molecule has 2 amide bonds. The Bertz CT molecular complexity index is 602. The van der Waals surface area contributed by atoms with Gasteiger partial charge in [0.15, 0.2) is 0 Å². The zero-order chi connectivity index (χ0) is 16.5. The van der Waals surface area contributed by atoms with E-state index in [1.54, 1.807) is 24.3 Å². The minimum Gasteiger partial charge on any atom is -0.396 e. The van der Waals surface area contributed by atoms with E-state index >= 15 is 0 Å². The lowest BCUT2D eigenvalue weighted by molar-refractivity contribution is 0.250. The maximum absolute atomic E-state index is 11.9. The lowest BCUT2D eigenvalue weighted by atomic mass is 9.93. The summed E-state index contributed by atoms with van der Waals surface area (Å²) in [4.78, 5) is 11.9. The van der Waals surface area contributed by atoms with E-state index in [-0.39, 0.29) is 18.6 Å². The lowest BCUT2D eigenvalue weighted by Crippen LogP contribution is -2.30. The van der Waals surface area contributed by atoms with Crippen molar-refractivity contribution in [1.29, 1.82) is 0 Å². The molecule has 4 nitrogen and oxygen atoms in total. The monoisotopic (exact) mass is 332 g/mol. The Balaban J connectivity index is 1.80. The predicted octanol–water partition coefficient (Wildman–Crippen LogP) is 4.02. The Kier molecular flexibility index (Phi) is 6.91. The minimum absolute atomic E-state index is 0.135. The molecule has 0 heterocycles. The molecule has 0 aromatic heterocycles. The average Bonchev–Trinajstić information content (AvgIpc) is 2.57. The van der Waals surface area contributed by atoms with Gasteiger partial charge in [0, 0.05) is 23.9 Å². The number of aliphatic hydroxyl groups excluding tert-OH is 1. The molecule has 0 saturated heterocycles. The summed E-state index contributed by atoms with van der Waals surface area (Å²) in [5, 5.41) is 15.4. The second-order valence-electron chi connectivity index (χ2n) is 5.30. The number of hydrogen-bond donors (Lipinski definition) is 3. The number of anilines is 1. The fourth-order valence-corrected chi connectivity index (χ4v) is 2.55. The van der Waals surface area contributed by atoms with E-state index in [0.29, 0.717) is 23.7 Å². The minimum atomic E-state index is -0.247. The molecular weight excluding hydrogens is 312 g/mol. The van der Waals surface area contributed by atoms with Gasteiger partial charge in [-0.2, -0.15) is 0 Å². The molecule has 2 rings (SSSR count). The first-order chi connectivity index (χ1) is 11.2. The van der Waals surface area contributed by atoms with Crippen molar-refractivity contribution in [2.45, 2.75) is 18.8 Å². The van der Waals surface area contributed by atoms with Gasteiger partial charge in [0.1, 0.15) is 0 Å². The second-order valence-corrected chi connectivity index (χ2v) is 5.73. The summed E-state index contributed by atoms with van der Waals surface area (Å²) in [5.41, 5.74) is 1.88. The number of amides is 2. The van der Waals surface area contributed by atoms with Crippen molar-refractivity contribution >= 4 is 23.3 Å². The van der Waals surface area contributed by atoms with E-state index in [0.717, 1.165) is 6.42 Å². The average molecular weight is 333 g/mol. The molecule has 2 aromatic carbocycles. The topological polar surface area (TPSA) is 61.4 Å². The number of halogens is 1. The first-order valence-electron chi connectivity index (χ1n) is 7.65. The van der Waals surface area contributed by atoms with Crippen LogP contribution in [0, 0.1) is 0 Å². The number of aliphatic hydroxyl groups is 1. The molecule has 0 aliphatic carbocycles. The molecule has 0 aliphatic heterocycles. The van der Waals surface area contributed by atoms with Gasteiger partial charge in [0.05, 0.1) is 0 Å². The van der Waals surface area contributed by atoms with Gasteiger partial charge < -0.3 is 15.7 Å². The Hall–Kier alpha value is -2.04. The van der Waals surface area contributed by atoms with Crippen LogP contribution in [0.4, 0.5) is 10.5 Å². The van der Waals surface area contributed by atoms with Crippen molar-refractivity contribution in [3.63, 3.8) is 0 Å². The predicted molar refractivity (Wildman–Crippen MR) is 94.0 cm³/mol. The van der Waals surface area contributed by atoms with Crippen molar-refractivity contribution in [1.82, 2.24) is 5.32 Å². The molecule has 3 N–H and O–H groups in total. The van der Waals surface area contributed by atoms with Crippen LogP contribution in [0.5, 0.6) is 0 Å². The van der Waals surface area contributed by atoms with E-state index < -0.39 is 0 Å². The van der Waals surface area contributed by atoms with Crippen molar-refractivity contribution < 1.29 is 9.90 Å². The molecule has 122 valence electrons. The third-order valence-electron chi connectivity index (χ3n) is 3.63. The van der Waals surface area contributed by atoms with E-state index in [2.05, 4.69) is 10.6 Å². The molecule has 0 fully saturated rings. The van der Waals surface area contributed by atoms with Crippen LogP contribution < -0.4 is 10.6 Å². The zero-order valence-electron chi connectivity index (χ0n) is 12.8. The van der Waals surface area contributed by atoms with E-state index in [1.165, 1.54) is 5.56 Å². The fraction of sp³-hybridized carbons (Fsp3) is 0.278. The Morgan fingerprint density at radius 2 is 1.74 bits per heavy atom. The second kappa shape index (κ2) is 9.18. The molecule has 0 aliphatic rings. The summed E-state index contributed by atoms with van der Waals surface area (Å²) in [6.07, 6.45) is 1.46. The van der Waals surface area contributed by atoms with Gasteiger partial charge in [-0.25, -0.2) is 4.79 Å². The summed E-state index contributed by atoms with van der Waals surface area (Å²) in [7, 11) is 0. The van der Waals surface area contributed by atoms with Gasteiger partial charge >= 0.3 is 6.03 Å². The molecule has 5 heteroatoms. The van der Waals surface area contributed by atoms with E-state index in [1.807, 2.05) is 30.3 Å². The molecule has 0 bridgehead atoms. The van der Waals surface area contributed by atoms with Crippen LogP contribution >= 0.6 is 11.6 Å². The van der Waals surface area contributed by atoms with Crippen LogP contribution in [0.25, 0.3) is 0 Å². The number of benzene rings is 2. The largest absolute Gasteiger partial charge is 0.396 e. The van der Waals surface area contributed by atoms with Crippen LogP contribution in [0.1, 0.15) is 24.3 Å². The highest BCUT2D eigenvalue weighted by Gasteiger charge is 2.11. The Morgan fingerprint density at radius 3 is 2.39 bits per heavy atom. The standard InChI is InChI=1S/C18H21ClN2O2/c19-16-6-8-17(9-7-16)21-18(23)20-12-10-15(11-13-22)14-4-2-1-3-5-14/h1-9,15,22H,10-13H2,(H2,20,21,23). The lowest BCUT2D eigenvalue weighted by Gasteiger charge is -2.16. The molecule has 23 heavy (non-hydrogen) atoms. The third-order valence-corrected chi connectivity index (χ3v) is 3.88. The molecule has 0 radical (unpaired) electrons. The highest BCUT2D eigenvalue weighted by molar-refractivity contribution is 6.30. The molecule has 2 aromatic rings. The summed E-state index contributed by atoms with van der Waals surface area (Å²) >= 11 is 5.81. The normalized spacial score (nSPS) is 11.7. The number of urea groups is 1. The SMILES string of the molecule is O=C(NCCC(CCO)c1ccccc1)Nc1ccc(Cl)cc1. The summed E-state index contributed by atoms with van der Waals surface area (Å²) in [6, 6.07) is 16.7. The molecule has 0 saturated carbocycles. The number of rotatable bonds is 7. The van der Waals surface area contributed by atoms with Crippen molar-refractivity contribution in [3.8, 4) is 0 Å². The highest BCUT2D eigenvalue weighted by Crippen LogP contribution is 2.22. The van der Waals surface area contributed by atoms with Gasteiger partial charge in [0.2, 0.25) is 0 Å². The maximum atomic E-state index is 11.9. The maximum Gasteiger partial charge on any atom is 0.319 e. The van der Waals surface area contributed by atoms with Crippen molar-refractivity contribution in [3.05, 3.63) is 65.2 Å². The van der Waals surface area contributed by atoms with Crippen LogP contribution in [0.3, 0.4) is 0 Å². The van der Waals surface area contributed by atoms with Crippen LogP contribution in [-0.4, -0.2) is 24.3 Å². The van der Waals surface area contributed by atoms with Gasteiger partial charge in [0.25, 0.3) is 0 Å². The van der Waals surface area contributed by atoms with Gasteiger partial charge in [-0.3, -0.25) is 0 Å². The number of carbonyl (C=O) groups excluding carboxylic acids is 1. The molecular formula is C18H21ClN2O2. The molecule has 1 atom stereocenters. The number of carbonyl (C=O) groups is 1. The van der Waals surface area contributed by atoms with E-state index in [4.69, 9.17) is 11.6 Å². The van der Waals surface area contributed by atoms with E-state index in [9.17, 15) is 9.90 Å². The smallest absolute Gasteiger partial charge is 0.319 e. The first kappa shape index (κ1) is 17.3. The summed E-state index contributed by atoms with van der Waals surface area (Å²) in [5.74, 6) is 0.233. The van der Waals surface area contributed by atoms with Gasteiger partial charge in [-0.1, -0.05) is 41.9 Å². The summed E-state index contributed by atoms with van der Waals surface area (Å²) < 4.78 is 0. The quantitative estimate of drug-likeness (QED) is 0.717. The van der Waals surface area contributed by atoms with Gasteiger partial charge in [-0.15, -0.1) is 0 Å². The third kappa shape index (κ3) is 5.93. The Labute approximate surface area is 141 Å².